The summed E-state index contributed by atoms with van der Waals surface area (Å²) in [5, 5.41) is 9.85. The second kappa shape index (κ2) is 4.43. The highest BCUT2D eigenvalue weighted by atomic mass is 16.5. The van der Waals surface area contributed by atoms with E-state index in [1.807, 2.05) is 31.2 Å². The van der Waals surface area contributed by atoms with Crippen LogP contribution in [0.5, 0.6) is 11.5 Å². The molecule has 0 aromatic heterocycles. The van der Waals surface area contributed by atoms with Crippen molar-refractivity contribution in [3.63, 3.8) is 0 Å². The van der Waals surface area contributed by atoms with E-state index in [4.69, 9.17) is 4.74 Å². The highest BCUT2D eigenvalue weighted by Gasteiger charge is 2.28. The molecule has 1 unspecified atom stereocenters. The van der Waals surface area contributed by atoms with Crippen LogP contribution in [0.4, 0.5) is 0 Å². The van der Waals surface area contributed by atoms with Crippen LogP contribution in [-0.2, 0) is 0 Å². The highest BCUT2D eigenvalue weighted by molar-refractivity contribution is 6.00. The number of ketones is 1. The maximum absolute atomic E-state index is 12.2. The molecule has 1 aliphatic heterocycles. The van der Waals surface area contributed by atoms with Crippen LogP contribution in [0.3, 0.4) is 0 Å². The number of aryl methyl sites for hydroxylation is 1. The number of Topliss-reactive ketones (excluding diaryl/α,β-unsaturated/α-hetero) is 1. The number of fused-ring (bicyclic) bond motifs is 1. The largest absolute Gasteiger partial charge is 0.508 e. The number of phenolic OH excluding ortho intramolecular Hbond substituents is 1. The zero-order chi connectivity index (χ0) is 13.4. The van der Waals surface area contributed by atoms with E-state index in [1.165, 1.54) is 0 Å². The van der Waals surface area contributed by atoms with Gasteiger partial charge in [0.2, 0.25) is 0 Å². The Bertz CT molecular complexity index is 646. The Labute approximate surface area is 111 Å². The van der Waals surface area contributed by atoms with E-state index in [1.54, 1.807) is 18.2 Å². The van der Waals surface area contributed by atoms with Crippen LogP contribution in [-0.4, -0.2) is 10.9 Å². The van der Waals surface area contributed by atoms with Crippen LogP contribution in [0.1, 0.15) is 34.0 Å². The van der Waals surface area contributed by atoms with Crippen LogP contribution < -0.4 is 4.74 Å². The first-order valence-corrected chi connectivity index (χ1v) is 6.23. The molecule has 0 aliphatic carbocycles. The molecule has 0 fully saturated rings. The van der Waals surface area contributed by atoms with Gasteiger partial charge in [-0.2, -0.15) is 0 Å². The molecule has 3 rings (SSSR count). The van der Waals surface area contributed by atoms with Crippen molar-refractivity contribution in [2.75, 3.05) is 0 Å². The van der Waals surface area contributed by atoms with E-state index in [0.29, 0.717) is 16.9 Å². The molecule has 3 heteroatoms. The summed E-state index contributed by atoms with van der Waals surface area (Å²) in [5.74, 6) is 0.809. The molecular weight excluding hydrogens is 240 g/mol. The molecule has 3 nitrogen and oxygen atoms in total. The molecule has 1 atom stereocenters. The Morgan fingerprint density at radius 1 is 1.21 bits per heavy atom. The van der Waals surface area contributed by atoms with Gasteiger partial charge in [0.25, 0.3) is 0 Å². The summed E-state index contributed by atoms with van der Waals surface area (Å²) in [7, 11) is 0. The quantitative estimate of drug-likeness (QED) is 0.848. The molecule has 2 aromatic carbocycles. The monoisotopic (exact) mass is 254 g/mol. The third-order valence-corrected chi connectivity index (χ3v) is 3.36. The van der Waals surface area contributed by atoms with Gasteiger partial charge >= 0.3 is 0 Å². The van der Waals surface area contributed by atoms with Gasteiger partial charge in [0, 0.05) is 5.56 Å². The average Bonchev–Trinajstić information content (AvgIpc) is 2.40. The minimum absolute atomic E-state index is 0.0539. The van der Waals surface area contributed by atoms with Crippen LogP contribution in [0.25, 0.3) is 0 Å². The normalized spacial score (nSPS) is 17.7. The predicted molar refractivity (Wildman–Crippen MR) is 71.6 cm³/mol. The number of aromatic hydroxyl groups is 1. The van der Waals surface area contributed by atoms with Crippen molar-refractivity contribution < 1.29 is 14.6 Å². The SMILES string of the molecule is Cc1ccc2c(c1)C(=O)CC(c1ccccc1O)O2. The molecule has 1 N–H and O–H groups in total. The van der Waals surface area contributed by atoms with E-state index >= 15 is 0 Å². The summed E-state index contributed by atoms with van der Waals surface area (Å²) < 4.78 is 5.84. The molecule has 1 heterocycles. The van der Waals surface area contributed by atoms with Crippen molar-refractivity contribution in [2.24, 2.45) is 0 Å². The fourth-order valence-electron chi connectivity index (χ4n) is 2.37. The van der Waals surface area contributed by atoms with E-state index in [2.05, 4.69) is 0 Å². The Morgan fingerprint density at radius 2 is 2.00 bits per heavy atom. The molecule has 0 amide bonds. The Morgan fingerprint density at radius 3 is 2.79 bits per heavy atom. The third-order valence-electron chi connectivity index (χ3n) is 3.36. The number of benzene rings is 2. The Balaban J connectivity index is 2.00. The fraction of sp³-hybridized carbons (Fsp3) is 0.188. The average molecular weight is 254 g/mol. The lowest BCUT2D eigenvalue weighted by Gasteiger charge is -2.26. The first-order valence-electron chi connectivity index (χ1n) is 6.23. The minimum Gasteiger partial charge on any atom is -0.508 e. The summed E-state index contributed by atoms with van der Waals surface area (Å²) in [6.45, 7) is 1.95. The maximum Gasteiger partial charge on any atom is 0.170 e. The number of phenols is 1. The number of rotatable bonds is 1. The van der Waals surface area contributed by atoms with Crippen molar-refractivity contribution >= 4 is 5.78 Å². The van der Waals surface area contributed by atoms with E-state index in [0.717, 1.165) is 5.56 Å². The summed E-state index contributed by atoms with van der Waals surface area (Å²) in [6.07, 6.45) is -0.155. The number of carbonyl (C=O) groups excluding carboxylic acids is 1. The molecule has 19 heavy (non-hydrogen) atoms. The molecule has 0 saturated carbocycles. The van der Waals surface area contributed by atoms with Crippen LogP contribution in [0.2, 0.25) is 0 Å². The zero-order valence-electron chi connectivity index (χ0n) is 10.6. The van der Waals surface area contributed by atoms with Crippen molar-refractivity contribution in [2.45, 2.75) is 19.4 Å². The standard InChI is InChI=1S/C16H14O3/c1-10-6-7-15-12(8-10)14(18)9-16(19-15)11-4-2-3-5-13(11)17/h2-8,16-17H,9H2,1H3. The number of ether oxygens (including phenoxy) is 1. The second-order valence-electron chi connectivity index (χ2n) is 4.79. The van der Waals surface area contributed by atoms with Crippen LogP contribution in [0.15, 0.2) is 42.5 Å². The Kier molecular flexibility index (Phi) is 2.75. The Hall–Kier alpha value is -2.29. The van der Waals surface area contributed by atoms with Gasteiger partial charge in [-0.1, -0.05) is 29.8 Å². The van der Waals surface area contributed by atoms with Crippen LogP contribution in [0, 0.1) is 6.92 Å². The molecule has 96 valence electrons. The van der Waals surface area contributed by atoms with Gasteiger partial charge in [-0.15, -0.1) is 0 Å². The molecule has 0 saturated heterocycles. The number of carbonyl (C=O) groups is 1. The lowest BCUT2D eigenvalue weighted by Crippen LogP contribution is -2.20. The van der Waals surface area contributed by atoms with Crippen molar-refractivity contribution in [1.82, 2.24) is 0 Å². The smallest absolute Gasteiger partial charge is 0.170 e. The molecule has 0 spiro atoms. The molecule has 0 bridgehead atoms. The van der Waals surface area contributed by atoms with Gasteiger partial charge in [-0.3, -0.25) is 4.79 Å². The van der Waals surface area contributed by atoms with Crippen molar-refractivity contribution in [3.8, 4) is 11.5 Å². The summed E-state index contributed by atoms with van der Waals surface area (Å²) in [5.41, 5.74) is 2.32. The van der Waals surface area contributed by atoms with Crippen molar-refractivity contribution in [1.29, 1.82) is 0 Å². The first kappa shape index (κ1) is 11.8. The minimum atomic E-state index is -0.413. The number of para-hydroxylation sites is 1. The first-order chi connectivity index (χ1) is 9.15. The van der Waals surface area contributed by atoms with Gasteiger partial charge in [-0.25, -0.2) is 0 Å². The number of hydrogen-bond donors (Lipinski definition) is 1. The predicted octanol–water partition coefficient (Wildman–Crippen LogP) is 3.41. The van der Waals surface area contributed by atoms with Gasteiger partial charge in [0.15, 0.2) is 5.78 Å². The molecular formula is C16H14O3. The summed E-state index contributed by atoms with van der Waals surface area (Å²) in [6, 6.07) is 12.5. The molecule has 2 aromatic rings. The van der Waals surface area contributed by atoms with Gasteiger partial charge in [-0.05, 0) is 25.1 Å². The lowest BCUT2D eigenvalue weighted by atomic mass is 9.95. The van der Waals surface area contributed by atoms with E-state index in [9.17, 15) is 9.90 Å². The maximum atomic E-state index is 12.2. The highest BCUT2D eigenvalue weighted by Crippen LogP contribution is 2.37. The summed E-state index contributed by atoms with van der Waals surface area (Å²) in [4.78, 5) is 12.2. The van der Waals surface area contributed by atoms with Crippen LogP contribution >= 0.6 is 0 Å². The zero-order valence-corrected chi connectivity index (χ0v) is 10.6. The second-order valence-corrected chi connectivity index (χ2v) is 4.79. The van der Waals surface area contributed by atoms with E-state index in [-0.39, 0.29) is 18.0 Å². The number of hydrogen-bond acceptors (Lipinski definition) is 3. The lowest BCUT2D eigenvalue weighted by molar-refractivity contribution is 0.0847. The topological polar surface area (TPSA) is 46.5 Å². The fourth-order valence-corrected chi connectivity index (χ4v) is 2.37. The van der Waals surface area contributed by atoms with Gasteiger partial charge in [0.05, 0.1) is 12.0 Å². The molecule has 1 aliphatic rings. The third kappa shape index (κ3) is 2.08. The summed E-state index contributed by atoms with van der Waals surface area (Å²) >= 11 is 0. The van der Waals surface area contributed by atoms with Gasteiger partial charge < -0.3 is 9.84 Å². The van der Waals surface area contributed by atoms with Gasteiger partial charge in [0.1, 0.15) is 17.6 Å². The molecule has 0 radical (unpaired) electrons. The van der Waals surface area contributed by atoms with E-state index < -0.39 is 6.10 Å². The van der Waals surface area contributed by atoms with Crippen molar-refractivity contribution in [3.05, 3.63) is 59.2 Å².